The van der Waals surface area contributed by atoms with E-state index in [2.05, 4.69) is 25.6 Å². The molecule has 5 N–H and O–H groups in total. The number of nitrogens with zero attached hydrogens (tertiary/aromatic N) is 4. The summed E-state index contributed by atoms with van der Waals surface area (Å²) < 4.78 is 1.97. The molecule has 3 rings (SSSR count). The van der Waals surface area contributed by atoms with Crippen molar-refractivity contribution >= 4 is 23.5 Å². The first-order valence-corrected chi connectivity index (χ1v) is 8.53. The molecule has 26 heavy (non-hydrogen) atoms. The number of imidazole rings is 1. The Balaban J connectivity index is 1.86. The number of hydrogen-bond acceptors (Lipinski definition) is 7. The summed E-state index contributed by atoms with van der Waals surface area (Å²) in [5, 5.41) is 14.2. The van der Waals surface area contributed by atoms with Crippen molar-refractivity contribution in [2.24, 2.45) is 0 Å². The molecule has 0 amide bonds. The number of hydrogen-bond donors (Lipinski definition) is 4. The number of nitrogens with two attached hydrogens (primary N) is 1. The van der Waals surface area contributed by atoms with Crippen molar-refractivity contribution in [1.82, 2.24) is 24.7 Å². The van der Waals surface area contributed by atoms with Crippen LogP contribution in [-0.2, 0) is 0 Å². The zero-order valence-corrected chi connectivity index (χ0v) is 15.1. The average Bonchev–Trinajstić information content (AvgIpc) is 3.12. The van der Waals surface area contributed by atoms with E-state index in [0.29, 0.717) is 17.3 Å². The van der Waals surface area contributed by atoms with Gasteiger partial charge in [-0.3, -0.25) is 0 Å². The highest BCUT2D eigenvalue weighted by Crippen LogP contribution is 2.24. The van der Waals surface area contributed by atoms with Gasteiger partial charge in [0.25, 0.3) is 0 Å². The first kappa shape index (κ1) is 17.8. The number of likely N-dealkylation sites (N-methyl/N-ethyl adjacent to an activating group) is 1. The molecule has 0 aliphatic heterocycles. The van der Waals surface area contributed by atoms with Gasteiger partial charge < -0.3 is 26.2 Å². The van der Waals surface area contributed by atoms with Crippen LogP contribution in [0.4, 0.5) is 11.6 Å². The molecule has 3 aromatic rings. The van der Waals surface area contributed by atoms with Crippen molar-refractivity contribution in [3.63, 3.8) is 0 Å². The number of fused-ring (bicyclic) bond motifs is 1. The van der Waals surface area contributed by atoms with Crippen LogP contribution in [0.3, 0.4) is 0 Å². The topological polar surface area (TPSA) is 117 Å². The molecule has 0 aliphatic carbocycles. The molecular formula is C18H24N8. The zero-order chi connectivity index (χ0) is 18.7. The van der Waals surface area contributed by atoms with Gasteiger partial charge in [-0.25, -0.2) is 15.0 Å². The zero-order valence-electron chi connectivity index (χ0n) is 15.1. The summed E-state index contributed by atoms with van der Waals surface area (Å²) in [4.78, 5) is 13.1. The summed E-state index contributed by atoms with van der Waals surface area (Å²) in [7, 11) is 1.86. The van der Waals surface area contributed by atoms with Gasteiger partial charge in [-0.2, -0.15) is 0 Å². The smallest absolute Gasteiger partial charge is 0.169 e. The van der Waals surface area contributed by atoms with Crippen LogP contribution in [0.5, 0.6) is 0 Å². The van der Waals surface area contributed by atoms with E-state index >= 15 is 0 Å². The highest BCUT2D eigenvalue weighted by atomic mass is 15.1. The Morgan fingerprint density at radius 3 is 2.81 bits per heavy atom. The summed E-state index contributed by atoms with van der Waals surface area (Å²) in [6.07, 6.45) is 8.71. The van der Waals surface area contributed by atoms with Crippen LogP contribution < -0.4 is 16.4 Å². The number of anilines is 2. The Hall–Kier alpha value is -3.00. The molecule has 3 aromatic heterocycles. The van der Waals surface area contributed by atoms with Gasteiger partial charge in [-0.1, -0.05) is 6.07 Å². The maximum atomic E-state index is 7.70. The minimum Gasteiger partial charge on any atom is -0.381 e. The first-order valence-electron chi connectivity index (χ1n) is 8.53. The van der Waals surface area contributed by atoms with Gasteiger partial charge in [0.15, 0.2) is 11.6 Å². The van der Waals surface area contributed by atoms with E-state index in [1.807, 2.05) is 49.8 Å². The highest BCUT2D eigenvalue weighted by Gasteiger charge is 2.19. The van der Waals surface area contributed by atoms with Gasteiger partial charge in [-0.15, -0.1) is 0 Å². The predicted octanol–water partition coefficient (Wildman–Crippen LogP) is 2.22. The van der Waals surface area contributed by atoms with Crippen molar-refractivity contribution in [3.8, 4) is 0 Å². The minimum absolute atomic E-state index is 0.0196. The molecule has 0 fully saturated rings. The molecule has 0 bridgehead atoms. The molecule has 0 spiro atoms. The van der Waals surface area contributed by atoms with Crippen LogP contribution in [0.15, 0.2) is 36.9 Å². The summed E-state index contributed by atoms with van der Waals surface area (Å²) in [5.41, 5.74) is 8.70. The molecule has 0 aromatic carbocycles. The Bertz CT molecular complexity index is 903. The fourth-order valence-electron chi connectivity index (χ4n) is 2.83. The van der Waals surface area contributed by atoms with Crippen LogP contribution in [0.2, 0.25) is 0 Å². The quantitative estimate of drug-likeness (QED) is 0.484. The lowest BCUT2D eigenvalue weighted by atomic mass is 9.99. The monoisotopic (exact) mass is 352 g/mol. The number of pyridine rings is 1. The summed E-state index contributed by atoms with van der Waals surface area (Å²) in [6.45, 7) is 4.04. The van der Waals surface area contributed by atoms with Gasteiger partial charge in [-0.05, 0) is 32.5 Å². The second-order valence-electron chi connectivity index (χ2n) is 6.32. The second-order valence-corrected chi connectivity index (χ2v) is 6.32. The first-order chi connectivity index (χ1) is 12.5. The SMILES string of the molecule is CNC(C)C(C=N)c1cnc(N)c(NC(C)c2ccc3nccn3c2)n1. The standard InChI is InChI=1S/C18H24N8/c1-11(13-4-5-16-22-6-7-26(16)10-13)24-18-17(20)23-9-15(25-18)14(8-19)12(2)21-3/h4-12,14,19,21H,1-3H3,(H2,20,23)(H,24,25). The fraction of sp³-hybridized carbons (Fsp3) is 0.333. The highest BCUT2D eigenvalue weighted by molar-refractivity contribution is 5.66. The number of nitrogens with one attached hydrogen (secondary N) is 3. The van der Waals surface area contributed by atoms with Crippen molar-refractivity contribution in [3.05, 3.63) is 48.2 Å². The lowest BCUT2D eigenvalue weighted by molar-refractivity contribution is 0.571. The molecule has 0 saturated carbocycles. The van der Waals surface area contributed by atoms with Crippen molar-refractivity contribution in [2.45, 2.75) is 31.8 Å². The van der Waals surface area contributed by atoms with E-state index < -0.39 is 0 Å². The minimum atomic E-state index is -0.175. The summed E-state index contributed by atoms with van der Waals surface area (Å²) >= 11 is 0. The maximum absolute atomic E-state index is 7.70. The van der Waals surface area contributed by atoms with Gasteiger partial charge in [0.05, 0.1) is 23.9 Å². The Morgan fingerprint density at radius 2 is 2.08 bits per heavy atom. The third-order valence-corrected chi connectivity index (χ3v) is 4.60. The Labute approximate surface area is 152 Å². The summed E-state index contributed by atoms with van der Waals surface area (Å²) in [5.74, 6) is 0.687. The Morgan fingerprint density at radius 1 is 1.27 bits per heavy atom. The van der Waals surface area contributed by atoms with Gasteiger partial charge >= 0.3 is 0 Å². The van der Waals surface area contributed by atoms with Crippen molar-refractivity contribution in [2.75, 3.05) is 18.1 Å². The van der Waals surface area contributed by atoms with Crippen LogP contribution in [-0.4, -0.2) is 38.7 Å². The van der Waals surface area contributed by atoms with E-state index in [0.717, 1.165) is 11.2 Å². The van der Waals surface area contributed by atoms with E-state index in [-0.39, 0.29) is 18.0 Å². The Kier molecular flexibility index (Phi) is 5.13. The average molecular weight is 352 g/mol. The van der Waals surface area contributed by atoms with Gasteiger partial charge in [0.1, 0.15) is 5.65 Å². The lowest BCUT2D eigenvalue weighted by Gasteiger charge is -2.21. The maximum Gasteiger partial charge on any atom is 0.169 e. The molecule has 8 nitrogen and oxygen atoms in total. The molecule has 0 radical (unpaired) electrons. The molecular weight excluding hydrogens is 328 g/mol. The van der Waals surface area contributed by atoms with Crippen LogP contribution in [0.1, 0.15) is 37.1 Å². The van der Waals surface area contributed by atoms with Gasteiger partial charge in [0, 0.05) is 30.8 Å². The molecule has 0 aliphatic rings. The van der Waals surface area contributed by atoms with Crippen molar-refractivity contribution in [1.29, 1.82) is 5.41 Å². The second kappa shape index (κ2) is 7.49. The van der Waals surface area contributed by atoms with Crippen LogP contribution >= 0.6 is 0 Å². The molecule has 3 atom stereocenters. The summed E-state index contributed by atoms with van der Waals surface area (Å²) in [6, 6.07) is 4.04. The van der Waals surface area contributed by atoms with E-state index in [4.69, 9.17) is 11.1 Å². The molecule has 136 valence electrons. The van der Waals surface area contributed by atoms with Crippen molar-refractivity contribution < 1.29 is 0 Å². The third kappa shape index (κ3) is 3.50. The van der Waals surface area contributed by atoms with Crippen LogP contribution in [0.25, 0.3) is 5.65 Å². The van der Waals surface area contributed by atoms with Gasteiger partial charge in [0.2, 0.25) is 0 Å². The lowest BCUT2D eigenvalue weighted by Crippen LogP contribution is -2.30. The molecule has 0 saturated heterocycles. The molecule has 3 unspecified atom stereocenters. The van der Waals surface area contributed by atoms with Crippen LogP contribution in [0, 0.1) is 5.41 Å². The fourth-order valence-corrected chi connectivity index (χ4v) is 2.83. The number of aromatic nitrogens is 4. The number of nitrogen functional groups attached to an aromatic ring is 1. The predicted molar refractivity (Wildman–Crippen MR) is 104 cm³/mol. The molecule has 8 heteroatoms. The molecule has 3 heterocycles. The van der Waals surface area contributed by atoms with E-state index in [1.54, 1.807) is 12.4 Å². The third-order valence-electron chi connectivity index (χ3n) is 4.60. The van der Waals surface area contributed by atoms with E-state index in [9.17, 15) is 0 Å². The largest absolute Gasteiger partial charge is 0.381 e. The van der Waals surface area contributed by atoms with E-state index in [1.165, 1.54) is 6.21 Å². The number of rotatable bonds is 7. The normalized spacial score (nSPS) is 14.7.